The Hall–Kier alpha value is -2.80. The largest absolute Gasteiger partial charge is 0.471 e. The molecule has 2 heterocycles. The molecule has 0 saturated heterocycles. The van der Waals surface area contributed by atoms with E-state index in [9.17, 15) is 4.79 Å². The summed E-state index contributed by atoms with van der Waals surface area (Å²) in [6, 6.07) is 7.17. The van der Waals surface area contributed by atoms with Gasteiger partial charge in [-0.15, -0.1) is 0 Å². The first kappa shape index (κ1) is 20.9. The molecule has 0 bridgehead atoms. The van der Waals surface area contributed by atoms with E-state index in [0.717, 1.165) is 29.1 Å². The van der Waals surface area contributed by atoms with Crippen LogP contribution in [-0.4, -0.2) is 37.4 Å². The van der Waals surface area contributed by atoms with Crippen molar-refractivity contribution in [3.05, 3.63) is 63.7 Å². The molecule has 0 fully saturated rings. The number of rotatable bonds is 7. The van der Waals surface area contributed by atoms with Crippen LogP contribution in [0.2, 0.25) is 5.02 Å². The molecule has 2 aromatic heterocycles. The fourth-order valence-electron chi connectivity index (χ4n) is 3.17. The van der Waals surface area contributed by atoms with Crippen molar-refractivity contribution in [2.45, 2.75) is 47.5 Å². The highest BCUT2D eigenvalue weighted by atomic mass is 35.5. The summed E-state index contributed by atoms with van der Waals surface area (Å²) in [5.41, 5.74) is 4.42. The molecule has 3 rings (SSSR count). The highest BCUT2D eigenvalue weighted by Crippen LogP contribution is 2.21. The molecule has 0 aliphatic carbocycles. The molecular formula is C21H26ClN5O2. The average molecular weight is 416 g/mol. The molecule has 7 nitrogen and oxygen atoms in total. The third-order valence-electron chi connectivity index (χ3n) is 4.93. The van der Waals surface area contributed by atoms with Gasteiger partial charge in [0.25, 0.3) is 5.91 Å². The zero-order valence-electron chi connectivity index (χ0n) is 17.4. The highest BCUT2D eigenvalue weighted by molar-refractivity contribution is 6.31. The Morgan fingerprint density at radius 2 is 1.97 bits per heavy atom. The molecule has 0 aliphatic heterocycles. The van der Waals surface area contributed by atoms with Crippen LogP contribution in [0.3, 0.4) is 0 Å². The summed E-state index contributed by atoms with van der Waals surface area (Å²) in [4.78, 5) is 14.4. The van der Waals surface area contributed by atoms with Crippen molar-refractivity contribution in [2.24, 2.45) is 0 Å². The second-order valence-electron chi connectivity index (χ2n) is 7.05. The van der Waals surface area contributed by atoms with E-state index in [4.69, 9.17) is 16.3 Å². The summed E-state index contributed by atoms with van der Waals surface area (Å²) in [5, 5.41) is 9.56. The monoisotopic (exact) mass is 415 g/mol. The molecular weight excluding hydrogens is 390 g/mol. The van der Waals surface area contributed by atoms with Gasteiger partial charge in [-0.05, 0) is 57.5 Å². The van der Waals surface area contributed by atoms with Crippen molar-refractivity contribution in [1.82, 2.24) is 24.5 Å². The van der Waals surface area contributed by atoms with Crippen molar-refractivity contribution in [3.8, 4) is 5.75 Å². The van der Waals surface area contributed by atoms with Crippen molar-refractivity contribution in [2.75, 3.05) is 7.05 Å². The van der Waals surface area contributed by atoms with Crippen molar-refractivity contribution in [1.29, 1.82) is 0 Å². The number of nitrogens with zero attached hydrogens (tertiary/aromatic N) is 5. The van der Waals surface area contributed by atoms with Gasteiger partial charge in [0.05, 0.1) is 5.69 Å². The summed E-state index contributed by atoms with van der Waals surface area (Å²) in [6.07, 6.45) is 1.73. The Bertz CT molecular complexity index is 1020. The van der Waals surface area contributed by atoms with E-state index in [1.165, 1.54) is 0 Å². The minimum atomic E-state index is -0.144. The lowest BCUT2D eigenvalue weighted by atomic mass is 10.2. The summed E-state index contributed by atoms with van der Waals surface area (Å²) in [5.74, 6) is 0.556. The third kappa shape index (κ3) is 4.62. The predicted molar refractivity (Wildman–Crippen MR) is 112 cm³/mol. The van der Waals surface area contributed by atoms with Crippen molar-refractivity contribution < 1.29 is 9.53 Å². The maximum Gasteiger partial charge on any atom is 0.274 e. The van der Waals surface area contributed by atoms with Gasteiger partial charge in [0.15, 0.2) is 12.4 Å². The first-order valence-corrected chi connectivity index (χ1v) is 9.88. The molecule has 0 unspecified atom stereocenters. The lowest BCUT2D eigenvalue weighted by Gasteiger charge is -2.16. The lowest BCUT2D eigenvalue weighted by molar-refractivity contribution is 0.0776. The van der Waals surface area contributed by atoms with Crippen LogP contribution < -0.4 is 4.74 Å². The van der Waals surface area contributed by atoms with E-state index < -0.39 is 0 Å². The Labute approximate surface area is 175 Å². The van der Waals surface area contributed by atoms with Crippen LogP contribution in [0, 0.1) is 20.8 Å². The zero-order valence-corrected chi connectivity index (χ0v) is 18.2. The zero-order chi connectivity index (χ0) is 21.1. The van der Waals surface area contributed by atoms with Gasteiger partial charge in [-0.2, -0.15) is 10.2 Å². The molecule has 0 atom stereocenters. The van der Waals surface area contributed by atoms with Crippen molar-refractivity contribution >= 4 is 17.5 Å². The maximum absolute atomic E-state index is 12.8. The van der Waals surface area contributed by atoms with E-state index >= 15 is 0 Å². The molecule has 0 N–H and O–H groups in total. The van der Waals surface area contributed by atoms with Crippen molar-refractivity contribution in [3.63, 3.8) is 0 Å². The Morgan fingerprint density at radius 3 is 2.62 bits per heavy atom. The first-order chi connectivity index (χ1) is 13.8. The van der Waals surface area contributed by atoms with Gasteiger partial charge in [0, 0.05) is 42.6 Å². The van der Waals surface area contributed by atoms with Crippen LogP contribution in [0.1, 0.15) is 39.9 Å². The number of hydrogen-bond donors (Lipinski definition) is 0. The molecule has 1 amide bonds. The van der Waals surface area contributed by atoms with Crippen LogP contribution in [0.5, 0.6) is 5.75 Å². The van der Waals surface area contributed by atoms with Gasteiger partial charge >= 0.3 is 0 Å². The van der Waals surface area contributed by atoms with E-state index in [0.29, 0.717) is 23.0 Å². The number of benzene rings is 1. The summed E-state index contributed by atoms with van der Waals surface area (Å²) in [7, 11) is 1.77. The molecule has 1 aromatic carbocycles. The van der Waals surface area contributed by atoms with Gasteiger partial charge in [-0.1, -0.05) is 11.6 Å². The Morgan fingerprint density at radius 1 is 1.21 bits per heavy atom. The minimum absolute atomic E-state index is 0.144. The number of hydrogen-bond acceptors (Lipinski definition) is 4. The number of aryl methyl sites for hydroxylation is 3. The summed E-state index contributed by atoms with van der Waals surface area (Å²) >= 11 is 6.03. The molecule has 29 heavy (non-hydrogen) atoms. The van der Waals surface area contributed by atoms with Crippen LogP contribution in [0.4, 0.5) is 0 Å². The topological polar surface area (TPSA) is 65.2 Å². The second-order valence-corrected chi connectivity index (χ2v) is 7.46. The second kappa shape index (κ2) is 8.69. The smallest absolute Gasteiger partial charge is 0.274 e. The normalized spacial score (nSPS) is 11.0. The van der Waals surface area contributed by atoms with E-state index in [-0.39, 0.29) is 12.6 Å². The van der Waals surface area contributed by atoms with E-state index in [2.05, 4.69) is 17.1 Å². The standard InChI is InChI=1S/C21H26ClN5O2/c1-6-27-16(4)18(15(3)23-27)12-25(5)21(28)20-9-10-26(24-20)13-29-17-7-8-19(22)14(2)11-17/h7-11H,6,12-13H2,1-5H3. The fraction of sp³-hybridized carbons (Fsp3) is 0.381. The van der Waals surface area contributed by atoms with Gasteiger partial charge in [0.2, 0.25) is 0 Å². The molecule has 0 radical (unpaired) electrons. The SMILES string of the molecule is CCn1nc(C)c(CN(C)C(=O)c2ccn(COc3ccc(Cl)c(C)c3)n2)c1C. The summed E-state index contributed by atoms with van der Waals surface area (Å²) < 4.78 is 9.28. The molecule has 154 valence electrons. The fourth-order valence-corrected chi connectivity index (χ4v) is 3.29. The third-order valence-corrected chi connectivity index (χ3v) is 5.35. The molecule has 8 heteroatoms. The Kier molecular flexibility index (Phi) is 6.27. The molecule has 0 saturated carbocycles. The molecule has 0 spiro atoms. The summed E-state index contributed by atoms with van der Waals surface area (Å²) in [6.45, 7) is 9.48. The number of amides is 1. The van der Waals surface area contributed by atoms with Crippen LogP contribution >= 0.6 is 11.6 Å². The van der Waals surface area contributed by atoms with Crippen LogP contribution in [0.15, 0.2) is 30.5 Å². The minimum Gasteiger partial charge on any atom is -0.471 e. The number of aromatic nitrogens is 4. The average Bonchev–Trinajstić information content (AvgIpc) is 3.28. The molecule has 0 aliphatic rings. The number of carbonyl (C=O) groups excluding carboxylic acids is 1. The van der Waals surface area contributed by atoms with Gasteiger partial charge in [-0.25, -0.2) is 4.68 Å². The number of ether oxygens (including phenoxy) is 1. The van der Waals surface area contributed by atoms with E-state index in [1.807, 2.05) is 31.5 Å². The lowest BCUT2D eigenvalue weighted by Crippen LogP contribution is -2.27. The van der Waals surface area contributed by atoms with Gasteiger partial charge in [-0.3, -0.25) is 9.48 Å². The van der Waals surface area contributed by atoms with Crippen LogP contribution in [0.25, 0.3) is 0 Å². The maximum atomic E-state index is 12.8. The van der Waals surface area contributed by atoms with Gasteiger partial charge in [0.1, 0.15) is 5.75 Å². The first-order valence-electron chi connectivity index (χ1n) is 9.51. The Balaban J connectivity index is 1.64. The van der Waals surface area contributed by atoms with E-state index in [1.54, 1.807) is 41.0 Å². The van der Waals surface area contributed by atoms with Gasteiger partial charge < -0.3 is 9.64 Å². The molecule has 3 aromatic rings. The quantitative estimate of drug-likeness (QED) is 0.585. The predicted octanol–water partition coefficient (Wildman–Crippen LogP) is 3.99. The number of halogens is 1. The van der Waals surface area contributed by atoms with Crippen LogP contribution in [-0.2, 0) is 19.8 Å². The number of carbonyl (C=O) groups is 1. The highest BCUT2D eigenvalue weighted by Gasteiger charge is 2.19.